The molecule has 1 N–H and O–H groups in total. The molecule has 2 rings (SSSR count). The van der Waals surface area contributed by atoms with Crippen LogP contribution in [0.2, 0.25) is 0 Å². The number of nitrogens with zero attached hydrogens (tertiary/aromatic N) is 1. The first-order valence-corrected chi connectivity index (χ1v) is 4.85. The van der Waals surface area contributed by atoms with E-state index in [1.54, 1.807) is 0 Å². The van der Waals surface area contributed by atoms with Crippen LogP contribution in [0.25, 0.3) is 10.6 Å². The summed E-state index contributed by atoms with van der Waals surface area (Å²) >= 11 is 6.17. The summed E-state index contributed by atoms with van der Waals surface area (Å²) in [4.78, 5) is 7.20. The van der Waals surface area contributed by atoms with E-state index in [-0.39, 0.29) is 4.64 Å². The second-order valence-electron chi connectivity index (χ2n) is 2.37. The van der Waals surface area contributed by atoms with Crippen LogP contribution in [-0.2, 0) is 0 Å². The fraction of sp³-hybridized carbons (Fsp3) is 0. The molecule has 0 bridgehead atoms. The Labute approximate surface area is 83.1 Å². The lowest BCUT2D eigenvalue weighted by molar-refractivity contribution is 0.613. The highest BCUT2D eigenvalue weighted by atomic mass is 32.1. The summed E-state index contributed by atoms with van der Waals surface area (Å²) < 4.78 is 13.4. The highest BCUT2D eigenvalue weighted by Gasteiger charge is 2.07. The maximum Gasteiger partial charge on any atom is 0.184 e. The normalized spacial score (nSPS) is 10.2. The van der Waals surface area contributed by atoms with Gasteiger partial charge in [-0.25, -0.2) is 9.37 Å². The van der Waals surface area contributed by atoms with Gasteiger partial charge in [-0.05, 0) is 11.4 Å². The van der Waals surface area contributed by atoms with Crippen LogP contribution in [0.15, 0.2) is 23.8 Å². The van der Waals surface area contributed by atoms with Crippen molar-refractivity contribution in [1.82, 2.24) is 9.97 Å². The quantitative estimate of drug-likeness (QED) is 0.736. The number of H-pyrrole nitrogens is 1. The smallest absolute Gasteiger partial charge is 0.184 e. The predicted octanol–water partition coefficient (Wildman–Crippen LogP) is 3.01. The number of aromatic nitrogens is 2. The average molecular weight is 212 g/mol. The zero-order valence-corrected chi connectivity index (χ0v) is 8.08. The van der Waals surface area contributed by atoms with Crippen molar-refractivity contribution >= 4 is 23.6 Å². The number of hydrogen-bond acceptors (Lipinski definition) is 3. The third-order valence-corrected chi connectivity index (χ3v) is 2.74. The largest absolute Gasteiger partial charge is 0.343 e. The van der Waals surface area contributed by atoms with E-state index in [0.29, 0.717) is 5.69 Å². The van der Waals surface area contributed by atoms with Crippen molar-refractivity contribution in [2.45, 2.75) is 0 Å². The zero-order valence-electron chi connectivity index (χ0n) is 6.45. The lowest BCUT2D eigenvalue weighted by Gasteiger charge is -1.98. The highest BCUT2D eigenvalue weighted by molar-refractivity contribution is 7.71. The molecule has 2 aromatic rings. The predicted molar refractivity (Wildman–Crippen MR) is 52.7 cm³/mol. The Kier molecular flexibility index (Phi) is 2.20. The van der Waals surface area contributed by atoms with Crippen LogP contribution in [-0.4, -0.2) is 9.97 Å². The molecule has 0 radical (unpaired) electrons. The van der Waals surface area contributed by atoms with Gasteiger partial charge in [0.15, 0.2) is 10.5 Å². The minimum atomic E-state index is -0.458. The molecule has 0 spiro atoms. The van der Waals surface area contributed by atoms with E-state index < -0.39 is 5.82 Å². The van der Waals surface area contributed by atoms with Crippen LogP contribution in [0.3, 0.4) is 0 Å². The molecule has 13 heavy (non-hydrogen) atoms. The van der Waals surface area contributed by atoms with Gasteiger partial charge in [-0.15, -0.1) is 11.3 Å². The van der Waals surface area contributed by atoms with E-state index in [1.165, 1.54) is 17.7 Å². The summed E-state index contributed by atoms with van der Waals surface area (Å²) in [7, 11) is 0. The third-order valence-electron chi connectivity index (χ3n) is 1.57. The van der Waals surface area contributed by atoms with Crippen molar-refractivity contribution < 1.29 is 4.39 Å². The SMILES string of the molecule is Fc1c(-c2cccs2)[nH]cnc1=S. The monoisotopic (exact) mass is 212 g/mol. The van der Waals surface area contributed by atoms with Gasteiger partial charge in [0.2, 0.25) is 0 Å². The number of rotatable bonds is 1. The third kappa shape index (κ3) is 1.52. The van der Waals surface area contributed by atoms with Crippen molar-refractivity contribution in [3.8, 4) is 10.6 Å². The van der Waals surface area contributed by atoms with Crippen molar-refractivity contribution in [3.05, 3.63) is 34.3 Å². The number of hydrogen-bond donors (Lipinski definition) is 1. The van der Waals surface area contributed by atoms with Crippen molar-refractivity contribution in [1.29, 1.82) is 0 Å². The summed E-state index contributed by atoms with van der Waals surface area (Å²) in [6, 6.07) is 3.69. The van der Waals surface area contributed by atoms with E-state index in [1.807, 2.05) is 17.5 Å². The summed E-state index contributed by atoms with van der Waals surface area (Å²) in [6.07, 6.45) is 1.40. The first-order valence-electron chi connectivity index (χ1n) is 3.56. The molecule has 0 aliphatic rings. The molecular weight excluding hydrogens is 207 g/mol. The van der Waals surface area contributed by atoms with Gasteiger partial charge in [0.25, 0.3) is 0 Å². The van der Waals surface area contributed by atoms with Gasteiger partial charge >= 0.3 is 0 Å². The van der Waals surface area contributed by atoms with Crippen LogP contribution in [0, 0.1) is 10.5 Å². The minimum absolute atomic E-state index is 0.00199. The molecule has 0 aliphatic heterocycles. The number of aromatic amines is 1. The summed E-state index contributed by atoms with van der Waals surface area (Å²) in [5, 5.41) is 1.88. The molecule has 0 fully saturated rings. The maximum absolute atomic E-state index is 13.4. The van der Waals surface area contributed by atoms with E-state index in [9.17, 15) is 4.39 Å². The Hall–Kier alpha value is -1.07. The Morgan fingerprint density at radius 3 is 3.08 bits per heavy atom. The molecule has 0 atom stereocenters. The van der Waals surface area contributed by atoms with E-state index in [2.05, 4.69) is 9.97 Å². The highest BCUT2D eigenvalue weighted by Crippen LogP contribution is 2.24. The van der Waals surface area contributed by atoms with Crippen LogP contribution in [0.4, 0.5) is 4.39 Å². The molecule has 5 heteroatoms. The standard InChI is InChI=1S/C8H5FN2S2/c9-6-7(5-2-1-3-13-5)10-4-11-8(6)12/h1-4H,(H,10,11,12). The van der Waals surface area contributed by atoms with Crippen LogP contribution in [0.1, 0.15) is 0 Å². The molecule has 0 saturated carbocycles. The van der Waals surface area contributed by atoms with E-state index in [4.69, 9.17) is 12.2 Å². The second-order valence-corrected chi connectivity index (χ2v) is 3.71. The topological polar surface area (TPSA) is 28.7 Å². The van der Waals surface area contributed by atoms with Gasteiger partial charge in [0, 0.05) is 0 Å². The average Bonchev–Trinajstić information content (AvgIpc) is 2.62. The van der Waals surface area contributed by atoms with Crippen molar-refractivity contribution in [3.63, 3.8) is 0 Å². The molecule has 2 aromatic heterocycles. The molecule has 66 valence electrons. The Balaban J connectivity index is 2.66. The van der Waals surface area contributed by atoms with Gasteiger partial charge in [0.1, 0.15) is 0 Å². The second kappa shape index (κ2) is 3.35. The molecule has 0 aromatic carbocycles. The first kappa shape index (κ1) is 8.52. The number of nitrogens with one attached hydrogen (secondary N) is 1. The number of halogens is 1. The molecule has 2 nitrogen and oxygen atoms in total. The van der Waals surface area contributed by atoms with Crippen LogP contribution >= 0.6 is 23.6 Å². The van der Waals surface area contributed by atoms with Crippen molar-refractivity contribution in [2.75, 3.05) is 0 Å². The lowest BCUT2D eigenvalue weighted by atomic mass is 10.3. The fourth-order valence-electron chi connectivity index (χ4n) is 0.983. The molecule has 0 aliphatic carbocycles. The molecule has 0 saturated heterocycles. The molecule has 0 unspecified atom stereocenters. The Morgan fingerprint density at radius 2 is 2.38 bits per heavy atom. The Bertz CT molecular complexity index is 461. The molecule has 2 heterocycles. The molecular formula is C8H5FN2S2. The maximum atomic E-state index is 13.4. The van der Waals surface area contributed by atoms with Gasteiger partial charge in [-0.3, -0.25) is 0 Å². The summed E-state index contributed by atoms with van der Waals surface area (Å²) in [5.74, 6) is -0.458. The summed E-state index contributed by atoms with van der Waals surface area (Å²) in [5.41, 5.74) is 0.412. The van der Waals surface area contributed by atoms with Gasteiger partial charge < -0.3 is 4.98 Å². The summed E-state index contributed by atoms with van der Waals surface area (Å²) in [6.45, 7) is 0. The first-order chi connectivity index (χ1) is 6.29. The molecule has 0 amide bonds. The lowest BCUT2D eigenvalue weighted by Crippen LogP contribution is -1.90. The van der Waals surface area contributed by atoms with E-state index >= 15 is 0 Å². The fourth-order valence-corrected chi connectivity index (χ4v) is 1.86. The van der Waals surface area contributed by atoms with Gasteiger partial charge in [-0.2, -0.15) is 0 Å². The Morgan fingerprint density at radius 1 is 1.54 bits per heavy atom. The zero-order chi connectivity index (χ0) is 9.26. The number of thiophene rings is 1. The van der Waals surface area contributed by atoms with Crippen LogP contribution < -0.4 is 0 Å². The van der Waals surface area contributed by atoms with Crippen molar-refractivity contribution in [2.24, 2.45) is 0 Å². The van der Waals surface area contributed by atoms with Gasteiger partial charge in [0.05, 0.1) is 16.9 Å². The van der Waals surface area contributed by atoms with E-state index in [0.717, 1.165) is 4.88 Å². The van der Waals surface area contributed by atoms with Gasteiger partial charge in [-0.1, -0.05) is 18.3 Å². The minimum Gasteiger partial charge on any atom is -0.343 e. The van der Waals surface area contributed by atoms with Crippen LogP contribution in [0.5, 0.6) is 0 Å².